The van der Waals surface area contributed by atoms with Gasteiger partial charge in [-0.3, -0.25) is 4.79 Å². The summed E-state index contributed by atoms with van der Waals surface area (Å²) < 4.78 is 11.8. The van der Waals surface area contributed by atoms with Crippen molar-refractivity contribution in [3.8, 4) is 5.75 Å². The number of ether oxygens (including phenoxy) is 2. The van der Waals surface area contributed by atoms with Gasteiger partial charge in [0, 0.05) is 6.54 Å². The van der Waals surface area contributed by atoms with Crippen LogP contribution < -0.4 is 10.1 Å². The normalized spacial score (nSPS) is 10.3. The van der Waals surface area contributed by atoms with Crippen molar-refractivity contribution < 1.29 is 14.3 Å². The molecule has 0 unspecified atom stereocenters. The first-order valence-electron chi connectivity index (χ1n) is 6.49. The molecule has 1 aromatic carbocycles. The van der Waals surface area contributed by atoms with E-state index in [9.17, 15) is 4.79 Å². The zero-order chi connectivity index (χ0) is 14.9. The third-order valence-corrected chi connectivity index (χ3v) is 4.14. The van der Waals surface area contributed by atoms with E-state index in [1.54, 1.807) is 11.3 Å². The van der Waals surface area contributed by atoms with Crippen LogP contribution in [0.5, 0.6) is 5.75 Å². The number of hydrogen-bond donors (Lipinski definition) is 1. The Bertz CT molecular complexity index is 559. The Kier molecular flexibility index (Phi) is 6.72. The van der Waals surface area contributed by atoms with Gasteiger partial charge in [-0.1, -0.05) is 18.2 Å². The monoisotopic (exact) mass is 369 g/mol. The molecule has 0 bridgehead atoms. The molecule has 0 radical (unpaired) electrons. The SMILES string of the molecule is O=C(COCCOc1ccccc1)NCc1csc(Br)c1. The summed E-state index contributed by atoms with van der Waals surface area (Å²) in [4.78, 5) is 11.6. The van der Waals surface area contributed by atoms with Gasteiger partial charge in [-0.15, -0.1) is 11.3 Å². The smallest absolute Gasteiger partial charge is 0.246 e. The second-order valence-electron chi connectivity index (χ2n) is 4.25. The molecular formula is C15H16BrNO3S. The molecule has 0 atom stereocenters. The highest BCUT2D eigenvalue weighted by Crippen LogP contribution is 2.20. The second-order valence-corrected chi connectivity index (χ2v) is 6.54. The molecule has 0 spiro atoms. The predicted octanol–water partition coefficient (Wildman–Crippen LogP) is 3.22. The van der Waals surface area contributed by atoms with Crippen LogP contribution in [0.1, 0.15) is 5.56 Å². The number of amides is 1. The van der Waals surface area contributed by atoms with Crippen molar-refractivity contribution in [2.45, 2.75) is 6.54 Å². The van der Waals surface area contributed by atoms with Crippen molar-refractivity contribution in [1.29, 1.82) is 0 Å². The minimum atomic E-state index is -0.128. The number of para-hydroxylation sites is 1. The van der Waals surface area contributed by atoms with Gasteiger partial charge in [-0.05, 0) is 45.1 Å². The first-order valence-corrected chi connectivity index (χ1v) is 8.16. The van der Waals surface area contributed by atoms with Crippen LogP contribution in [0, 0.1) is 0 Å². The van der Waals surface area contributed by atoms with E-state index in [1.165, 1.54) is 0 Å². The Hall–Kier alpha value is -1.37. The average molecular weight is 370 g/mol. The number of hydrogen-bond acceptors (Lipinski definition) is 4. The fraction of sp³-hybridized carbons (Fsp3) is 0.267. The summed E-state index contributed by atoms with van der Waals surface area (Å²) in [6, 6.07) is 11.5. The molecule has 1 aromatic heterocycles. The number of halogens is 1. The molecule has 1 heterocycles. The van der Waals surface area contributed by atoms with Crippen molar-refractivity contribution >= 4 is 33.2 Å². The molecule has 21 heavy (non-hydrogen) atoms. The lowest BCUT2D eigenvalue weighted by Crippen LogP contribution is -2.27. The minimum Gasteiger partial charge on any atom is -0.491 e. The number of rotatable bonds is 8. The van der Waals surface area contributed by atoms with E-state index in [2.05, 4.69) is 21.2 Å². The van der Waals surface area contributed by atoms with Gasteiger partial charge in [0.2, 0.25) is 5.91 Å². The lowest BCUT2D eigenvalue weighted by atomic mass is 10.3. The van der Waals surface area contributed by atoms with Gasteiger partial charge < -0.3 is 14.8 Å². The fourth-order valence-corrected chi connectivity index (χ4v) is 2.80. The third-order valence-electron chi connectivity index (χ3n) is 2.58. The number of thiophene rings is 1. The van der Waals surface area contributed by atoms with Crippen molar-refractivity contribution in [1.82, 2.24) is 5.32 Å². The topological polar surface area (TPSA) is 47.6 Å². The Morgan fingerprint density at radius 2 is 2.05 bits per heavy atom. The maximum Gasteiger partial charge on any atom is 0.246 e. The number of benzene rings is 1. The third kappa shape index (κ3) is 6.29. The second kappa shape index (κ2) is 8.81. The number of carbonyl (C=O) groups excluding carboxylic acids is 1. The van der Waals surface area contributed by atoms with E-state index < -0.39 is 0 Å². The molecule has 0 aliphatic carbocycles. The van der Waals surface area contributed by atoms with Crippen molar-refractivity contribution in [2.24, 2.45) is 0 Å². The van der Waals surface area contributed by atoms with Crippen LogP contribution in [0.15, 0.2) is 45.6 Å². The first-order chi connectivity index (χ1) is 10.2. The molecule has 4 nitrogen and oxygen atoms in total. The van der Waals surface area contributed by atoms with Gasteiger partial charge >= 0.3 is 0 Å². The van der Waals surface area contributed by atoms with Gasteiger partial charge in [0.25, 0.3) is 0 Å². The molecule has 0 saturated heterocycles. The molecule has 1 N–H and O–H groups in total. The lowest BCUT2D eigenvalue weighted by Gasteiger charge is -2.07. The van der Waals surface area contributed by atoms with Gasteiger partial charge in [-0.25, -0.2) is 0 Å². The van der Waals surface area contributed by atoms with Crippen LogP contribution in [0.25, 0.3) is 0 Å². The first kappa shape index (κ1) is 16.0. The standard InChI is InChI=1S/C15H16BrNO3S/c16-14-8-12(11-21-14)9-17-15(18)10-19-6-7-20-13-4-2-1-3-5-13/h1-5,8,11H,6-7,9-10H2,(H,17,18). The minimum absolute atomic E-state index is 0.0451. The Morgan fingerprint density at radius 3 is 2.76 bits per heavy atom. The van der Waals surface area contributed by atoms with E-state index >= 15 is 0 Å². The summed E-state index contributed by atoms with van der Waals surface area (Å²) >= 11 is 4.98. The molecule has 6 heteroatoms. The van der Waals surface area contributed by atoms with Crippen molar-refractivity contribution in [3.63, 3.8) is 0 Å². The van der Waals surface area contributed by atoms with Crippen LogP contribution in [0.2, 0.25) is 0 Å². The van der Waals surface area contributed by atoms with Crippen molar-refractivity contribution in [2.75, 3.05) is 19.8 Å². The van der Waals surface area contributed by atoms with Gasteiger partial charge in [0.1, 0.15) is 19.0 Å². The Labute approximate surface area is 136 Å². The van der Waals surface area contributed by atoms with E-state index in [1.807, 2.05) is 41.8 Å². The quantitative estimate of drug-likeness (QED) is 0.726. The van der Waals surface area contributed by atoms with E-state index in [0.717, 1.165) is 15.1 Å². The molecule has 2 aromatic rings. The molecule has 112 valence electrons. The molecule has 1 amide bonds. The molecule has 0 aliphatic rings. The summed E-state index contributed by atoms with van der Waals surface area (Å²) in [7, 11) is 0. The van der Waals surface area contributed by atoms with Gasteiger partial charge in [0.05, 0.1) is 10.4 Å². The van der Waals surface area contributed by atoms with E-state index in [4.69, 9.17) is 9.47 Å². The Morgan fingerprint density at radius 1 is 1.24 bits per heavy atom. The number of carbonyl (C=O) groups is 1. The summed E-state index contributed by atoms with van der Waals surface area (Å²) in [5, 5.41) is 4.80. The van der Waals surface area contributed by atoms with Crippen molar-refractivity contribution in [3.05, 3.63) is 51.1 Å². The molecule has 0 aliphatic heterocycles. The molecular weight excluding hydrogens is 354 g/mol. The average Bonchev–Trinajstić information content (AvgIpc) is 2.91. The van der Waals surface area contributed by atoms with Crippen LogP contribution in [-0.2, 0) is 16.1 Å². The zero-order valence-electron chi connectivity index (χ0n) is 11.4. The summed E-state index contributed by atoms with van der Waals surface area (Å²) in [6.45, 7) is 1.37. The van der Waals surface area contributed by atoms with Gasteiger partial charge in [-0.2, -0.15) is 0 Å². The Balaban J connectivity index is 1.53. The maximum atomic E-state index is 11.6. The van der Waals surface area contributed by atoms with Crippen LogP contribution >= 0.6 is 27.3 Å². The van der Waals surface area contributed by atoms with Crippen LogP contribution in [0.4, 0.5) is 0 Å². The maximum absolute atomic E-state index is 11.6. The van der Waals surface area contributed by atoms with Crippen LogP contribution in [0.3, 0.4) is 0 Å². The highest BCUT2D eigenvalue weighted by molar-refractivity contribution is 9.11. The zero-order valence-corrected chi connectivity index (χ0v) is 13.8. The summed E-state index contributed by atoms with van der Waals surface area (Å²) in [5.41, 5.74) is 1.08. The van der Waals surface area contributed by atoms with E-state index in [-0.39, 0.29) is 12.5 Å². The largest absolute Gasteiger partial charge is 0.491 e. The molecule has 0 saturated carbocycles. The van der Waals surface area contributed by atoms with Gasteiger partial charge in [0.15, 0.2) is 0 Å². The summed E-state index contributed by atoms with van der Waals surface area (Å²) in [5.74, 6) is 0.672. The fourth-order valence-electron chi connectivity index (χ4n) is 1.59. The molecule has 0 fully saturated rings. The van der Waals surface area contributed by atoms with Crippen LogP contribution in [-0.4, -0.2) is 25.7 Å². The highest BCUT2D eigenvalue weighted by atomic mass is 79.9. The predicted molar refractivity (Wildman–Crippen MR) is 86.6 cm³/mol. The highest BCUT2D eigenvalue weighted by Gasteiger charge is 2.03. The number of nitrogens with one attached hydrogen (secondary N) is 1. The summed E-state index contributed by atoms with van der Waals surface area (Å²) in [6.07, 6.45) is 0. The molecule has 2 rings (SSSR count). The lowest BCUT2D eigenvalue weighted by molar-refractivity contribution is -0.126. The van der Waals surface area contributed by atoms with E-state index in [0.29, 0.717) is 19.8 Å².